The minimum absolute atomic E-state index is 0.0249. The van der Waals surface area contributed by atoms with Crippen LogP contribution in [0.15, 0.2) is 29.9 Å². The third kappa shape index (κ3) is 3.10. The Kier molecular flexibility index (Phi) is 3.99. The Hall–Kier alpha value is -1.82. The number of hydrogen-bond acceptors (Lipinski definition) is 3. The van der Waals surface area contributed by atoms with E-state index in [1.807, 2.05) is 17.5 Å². The van der Waals surface area contributed by atoms with Crippen LogP contribution >= 0.6 is 11.3 Å². The number of carbonyl (C=O) groups excluding carboxylic acids is 1. The zero-order chi connectivity index (χ0) is 13.0. The molecule has 0 saturated carbocycles. The van der Waals surface area contributed by atoms with E-state index in [4.69, 9.17) is 0 Å². The molecule has 0 aliphatic carbocycles. The summed E-state index contributed by atoms with van der Waals surface area (Å²) < 4.78 is 0. The summed E-state index contributed by atoms with van der Waals surface area (Å²) in [7, 11) is 0. The standard InChI is InChI=1S/C12H16N4OS/c1-8(2)11(10-4-3-5-18-10)16-12(17)15-9-6-13-14-7-9/h3-8,11H,1-2H3,(H,13,14)(H2,15,16,17)/t11-/m1/s1. The number of anilines is 1. The molecule has 2 amide bonds. The fourth-order valence-corrected chi connectivity index (χ4v) is 2.61. The molecule has 0 aliphatic rings. The average Bonchev–Trinajstić information content (AvgIpc) is 2.97. The molecule has 96 valence electrons. The van der Waals surface area contributed by atoms with E-state index in [-0.39, 0.29) is 12.1 Å². The molecule has 2 heterocycles. The van der Waals surface area contributed by atoms with Crippen molar-refractivity contribution in [2.75, 3.05) is 5.32 Å². The Morgan fingerprint density at radius 1 is 1.50 bits per heavy atom. The predicted octanol–water partition coefficient (Wildman–Crippen LogP) is 2.99. The van der Waals surface area contributed by atoms with Crippen LogP contribution in [0.4, 0.5) is 10.5 Å². The van der Waals surface area contributed by atoms with Crippen molar-refractivity contribution in [2.24, 2.45) is 5.92 Å². The van der Waals surface area contributed by atoms with E-state index in [1.54, 1.807) is 23.7 Å². The molecule has 0 aliphatic heterocycles. The number of hydrogen-bond donors (Lipinski definition) is 3. The van der Waals surface area contributed by atoms with Crippen LogP contribution in [-0.2, 0) is 0 Å². The highest BCUT2D eigenvalue weighted by Crippen LogP contribution is 2.25. The summed E-state index contributed by atoms with van der Waals surface area (Å²) >= 11 is 1.65. The quantitative estimate of drug-likeness (QED) is 0.794. The summed E-state index contributed by atoms with van der Waals surface area (Å²) in [4.78, 5) is 13.0. The summed E-state index contributed by atoms with van der Waals surface area (Å²) in [6.45, 7) is 4.17. The van der Waals surface area contributed by atoms with Gasteiger partial charge in [0.1, 0.15) is 0 Å². The lowest BCUT2D eigenvalue weighted by molar-refractivity contribution is 0.245. The highest BCUT2D eigenvalue weighted by Gasteiger charge is 2.19. The van der Waals surface area contributed by atoms with Gasteiger partial charge in [0.25, 0.3) is 0 Å². The van der Waals surface area contributed by atoms with Crippen LogP contribution in [0.1, 0.15) is 24.8 Å². The Bertz CT molecular complexity index is 478. The van der Waals surface area contributed by atoms with Crippen molar-refractivity contribution in [3.63, 3.8) is 0 Å². The maximum Gasteiger partial charge on any atom is 0.319 e. The maximum atomic E-state index is 11.9. The number of nitrogens with one attached hydrogen (secondary N) is 3. The second-order valence-corrected chi connectivity index (χ2v) is 5.30. The van der Waals surface area contributed by atoms with Gasteiger partial charge in [0.05, 0.1) is 17.9 Å². The van der Waals surface area contributed by atoms with Crippen LogP contribution in [0.5, 0.6) is 0 Å². The van der Waals surface area contributed by atoms with Crippen molar-refractivity contribution in [3.05, 3.63) is 34.8 Å². The van der Waals surface area contributed by atoms with E-state index < -0.39 is 0 Å². The van der Waals surface area contributed by atoms with Crippen molar-refractivity contribution in [1.29, 1.82) is 0 Å². The Balaban J connectivity index is 1.99. The first kappa shape index (κ1) is 12.6. The molecular weight excluding hydrogens is 248 g/mol. The van der Waals surface area contributed by atoms with Gasteiger partial charge in [0.15, 0.2) is 0 Å². The molecule has 0 aromatic carbocycles. The third-order valence-corrected chi connectivity index (χ3v) is 3.51. The van der Waals surface area contributed by atoms with Gasteiger partial charge >= 0.3 is 6.03 Å². The fourth-order valence-electron chi connectivity index (χ4n) is 1.66. The summed E-state index contributed by atoms with van der Waals surface area (Å²) in [5, 5.41) is 14.1. The van der Waals surface area contributed by atoms with Gasteiger partial charge < -0.3 is 10.6 Å². The molecule has 5 nitrogen and oxygen atoms in total. The number of nitrogens with zero attached hydrogens (tertiary/aromatic N) is 1. The van der Waals surface area contributed by atoms with Crippen LogP contribution in [-0.4, -0.2) is 16.2 Å². The lowest BCUT2D eigenvalue weighted by Gasteiger charge is -2.21. The molecule has 1 atom stereocenters. The predicted molar refractivity (Wildman–Crippen MR) is 72.6 cm³/mol. The minimum Gasteiger partial charge on any atom is -0.330 e. The molecule has 18 heavy (non-hydrogen) atoms. The normalized spacial score (nSPS) is 12.4. The van der Waals surface area contributed by atoms with E-state index in [0.717, 1.165) is 4.88 Å². The SMILES string of the molecule is CC(C)[C@@H](NC(=O)Nc1cn[nH]c1)c1cccs1. The van der Waals surface area contributed by atoms with Gasteiger partial charge in [0, 0.05) is 11.1 Å². The van der Waals surface area contributed by atoms with E-state index >= 15 is 0 Å². The second-order valence-electron chi connectivity index (χ2n) is 4.32. The highest BCUT2D eigenvalue weighted by molar-refractivity contribution is 7.10. The molecular formula is C12H16N4OS. The summed E-state index contributed by atoms with van der Waals surface area (Å²) in [6, 6.07) is 3.83. The van der Waals surface area contributed by atoms with E-state index in [0.29, 0.717) is 11.6 Å². The van der Waals surface area contributed by atoms with Gasteiger partial charge in [-0.25, -0.2) is 4.79 Å². The zero-order valence-electron chi connectivity index (χ0n) is 10.3. The highest BCUT2D eigenvalue weighted by atomic mass is 32.1. The molecule has 2 aromatic rings. The summed E-state index contributed by atoms with van der Waals surface area (Å²) in [5.74, 6) is 0.332. The van der Waals surface area contributed by atoms with Crippen molar-refractivity contribution in [2.45, 2.75) is 19.9 Å². The number of carbonyl (C=O) groups is 1. The molecule has 0 spiro atoms. The van der Waals surface area contributed by atoms with Gasteiger partial charge in [-0.3, -0.25) is 5.10 Å². The molecule has 0 radical (unpaired) electrons. The van der Waals surface area contributed by atoms with Gasteiger partial charge in [-0.15, -0.1) is 11.3 Å². The van der Waals surface area contributed by atoms with Crippen LogP contribution in [0.3, 0.4) is 0 Å². The van der Waals surface area contributed by atoms with Gasteiger partial charge in [-0.05, 0) is 17.4 Å². The number of aromatic amines is 1. The first-order valence-corrected chi connectivity index (χ1v) is 6.64. The number of H-pyrrole nitrogens is 1. The van der Waals surface area contributed by atoms with Crippen molar-refractivity contribution in [1.82, 2.24) is 15.5 Å². The number of rotatable bonds is 4. The molecule has 0 bridgehead atoms. The topological polar surface area (TPSA) is 69.8 Å². The summed E-state index contributed by atoms with van der Waals surface area (Å²) in [5.41, 5.74) is 0.654. The van der Waals surface area contributed by atoms with Crippen molar-refractivity contribution < 1.29 is 4.79 Å². The van der Waals surface area contributed by atoms with Crippen molar-refractivity contribution >= 4 is 23.1 Å². The average molecular weight is 264 g/mol. The van der Waals surface area contributed by atoms with Crippen LogP contribution in [0.25, 0.3) is 0 Å². The molecule has 2 rings (SSSR count). The van der Waals surface area contributed by atoms with Crippen LogP contribution in [0.2, 0.25) is 0 Å². The zero-order valence-corrected chi connectivity index (χ0v) is 11.1. The molecule has 0 saturated heterocycles. The van der Waals surface area contributed by atoms with Gasteiger partial charge in [-0.2, -0.15) is 5.10 Å². The number of amides is 2. The van der Waals surface area contributed by atoms with Gasteiger partial charge in [-0.1, -0.05) is 19.9 Å². The first-order chi connectivity index (χ1) is 8.66. The maximum absolute atomic E-state index is 11.9. The summed E-state index contributed by atoms with van der Waals surface area (Å²) in [6.07, 6.45) is 3.20. The second kappa shape index (κ2) is 5.68. The van der Waals surface area contributed by atoms with Crippen LogP contribution < -0.4 is 10.6 Å². The smallest absolute Gasteiger partial charge is 0.319 e. The number of thiophene rings is 1. The largest absolute Gasteiger partial charge is 0.330 e. The fraction of sp³-hybridized carbons (Fsp3) is 0.333. The van der Waals surface area contributed by atoms with E-state index in [1.165, 1.54) is 0 Å². The molecule has 3 N–H and O–H groups in total. The lowest BCUT2D eigenvalue weighted by atomic mass is 10.0. The monoisotopic (exact) mass is 264 g/mol. The molecule has 6 heteroatoms. The van der Waals surface area contributed by atoms with Crippen molar-refractivity contribution in [3.8, 4) is 0 Å². The number of urea groups is 1. The lowest BCUT2D eigenvalue weighted by Crippen LogP contribution is -2.34. The molecule has 0 unspecified atom stereocenters. The Labute approximate surface area is 110 Å². The first-order valence-electron chi connectivity index (χ1n) is 5.76. The third-order valence-electron chi connectivity index (χ3n) is 2.56. The van der Waals surface area contributed by atoms with Gasteiger partial charge in [0.2, 0.25) is 0 Å². The van der Waals surface area contributed by atoms with E-state index in [2.05, 4.69) is 34.7 Å². The van der Waals surface area contributed by atoms with Crippen LogP contribution in [0, 0.1) is 5.92 Å². The minimum atomic E-state index is -0.219. The Morgan fingerprint density at radius 2 is 2.33 bits per heavy atom. The Morgan fingerprint density at radius 3 is 2.89 bits per heavy atom. The molecule has 2 aromatic heterocycles. The van der Waals surface area contributed by atoms with E-state index in [9.17, 15) is 4.79 Å². The molecule has 0 fully saturated rings. The number of aromatic nitrogens is 2.